The summed E-state index contributed by atoms with van der Waals surface area (Å²) in [6, 6.07) is 24.4. The minimum Gasteiger partial charge on any atom is -0.495 e. The van der Waals surface area contributed by atoms with Crippen molar-refractivity contribution in [2.45, 2.75) is 18.4 Å². The van der Waals surface area contributed by atoms with Crippen LogP contribution < -0.4 is 9.64 Å². The lowest BCUT2D eigenvalue weighted by Gasteiger charge is -2.36. The number of carbonyl (C=O) groups is 1. The number of amides is 1. The molecule has 2 heterocycles. The van der Waals surface area contributed by atoms with Gasteiger partial charge >= 0.3 is 0 Å². The molecular weight excluding hydrogens is 468 g/mol. The number of piperazine rings is 1. The van der Waals surface area contributed by atoms with Gasteiger partial charge < -0.3 is 14.5 Å². The molecule has 1 fully saturated rings. The standard InChI is InChI=1S/C29H30N4O2S/c1-21-11-13-22(14-12-21)19-25-29(31-24-8-4-3-7-23(24)30-25)36-20-28(34)33-17-15-32(16-18-33)26-9-5-6-10-27(26)35-2/h3-14H,15-20H2,1-2H3. The number of hydrogen-bond donors (Lipinski definition) is 0. The number of para-hydroxylation sites is 4. The first-order valence-corrected chi connectivity index (χ1v) is 13.2. The minimum atomic E-state index is 0.135. The first-order chi connectivity index (χ1) is 17.6. The summed E-state index contributed by atoms with van der Waals surface area (Å²) in [5, 5.41) is 0.829. The smallest absolute Gasteiger partial charge is 0.233 e. The molecule has 0 saturated carbocycles. The molecule has 0 aliphatic carbocycles. The molecule has 1 aliphatic rings. The summed E-state index contributed by atoms with van der Waals surface area (Å²) in [5.74, 6) is 1.35. The highest BCUT2D eigenvalue weighted by atomic mass is 32.2. The Morgan fingerprint density at radius 3 is 2.28 bits per heavy atom. The number of aromatic nitrogens is 2. The van der Waals surface area contributed by atoms with E-state index < -0.39 is 0 Å². The first kappa shape index (κ1) is 24.1. The van der Waals surface area contributed by atoms with E-state index in [-0.39, 0.29) is 5.91 Å². The van der Waals surface area contributed by atoms with E-state index in [1.165, 1.54) is 22.9 Å². The van der Waals surface area contributed by atoms with Crippen LogP contribution in [0.3, 0.4) is 0 Å². The minimum absolute atomic E-state index is 0.135. The maximum absolute atomic E-state index is 13.1. The van der Waals surface area contributed by atoms with Crippen LogP contribution in [0.25, 0.3) is 11.0 Å². The van der Waals surface area contributed by atoms with Crippen LogP contribution in [0.5, 0.6) is 5.75 Å². The van der Waals surface area contributed by atoms with E-state index in [4.69, 9.17) is 14.7 Å². The number of anilines is 1. The molecule has 5 rings (SSSR count). The lowest BCUT2D eigenvalue weighted by atomic mass is 10.1. The maximum Gasteiger partial charge on any atom is 0.233 e. The second-order valence-electron chi connectivity index (χ2n) is 8.95. The number of fused-ring (bicyclic) bond motifs is 1. The lowest BCUT2D eigenvalue weighted by Crippen LogP contribution is -2.49. The van der Waals surface area contributed by atoms with Crippen molar-refractivity contribution in [3.63, 3.8) is 0 Å². The second-order valence-corrected chi connectivity index (χ2v) is 9.92. The Morgan fingerprint density at radius 2 is 1.56 bits per heavy atom. The van der Waals surface area contributed by atoms with Gasteiger partial charge in [-0.05, 0) is 36.8 Å². The Balaban J connectivity index is 1.26. The van der Waals surface area contributed by atoms with Gasteiger partial charge in [-0.2, -0.15) is 0 Å². The first-order valence-electron chi connectivity index (χ1n) is 12.2. The van der Waals surface area contributed by atoms with E-state index >= 15 is 0 Å². The zero-order chi connectivity index (χ0) is 24.9. The average molecular weight is 499 g/mol. The van der Waals surface area contributed by atoms with Crippen LogP contribution in [0.15, 0.2) is 77.8 Å². The van der Waals surface area contributed by atoms with Crippen molar-refractivity contribution in [1.82, 2.24) is 14.9 Å². The summed E-state index contributed by atoms with van der Waals surface area (Å²) >= 11 is 1.49. The highest BCUT2D eigenvalue weighted by Gasteiger charge is 2.23. The third kappa shape index (κ3) is 5.46. The molecule has 1 aromatic heterocycles. The zero-order valence-electron chi connectivity index (χ0n) is 20.7. The Morgan fingerprint density at radius 1 is 0.889 bits per heavy atom. The number of rotatable bonds is 7. The number of aryl methyl sites for hydroxylation is 1. The predicted molar refractivity (Wildman–Crippen MR) is 146 cm³/mol. The molecule has 0 N–H and O–H groups in total. The van der Waals surface area contributed by atoms with E-state index in [9.17, 15) is 4.79 Å². The van der Waals surface area contributed by atoms with Gasteiger partial charge in [-0.3, -0.25) is 4.79 Å². The molecule has 0 radical (unpaired) electrons. The van der Waals surface area contributed by atoms with Gasteiger partial charge in [0, 0.05) is 32.6 Å². The molecule has 184 valence electrons. The Bertz CT molecular complexity index is 1350. The van der Waals surface area contributed by atoms with E-state index in [2.05, 4.69) is 42.2 Å². The van der Waals surface area contributed by atoms with E-state index in [1.807, 2.05) is 47.4 Å². The number of hydrogen-bond acceptors (Lipinski definition) is 6. The molecule has 4 aromatic rings. The fourth-order valence-electron chi connectivity index (χ4n) is 4.46. The molecule has 36 heavy (non-hydrogen) atoms. The third-order valence-corrected chi connectivity index (χ3v) is 7.48. The van der Waals surface area contributed by atoms with E-state index in [0.29, 0.717) is 25.3 Å². The molecular formula is C29H30N4O2S. The summed E-state index contributed by atoms with van der Waals surface area (Å²) in [6.45, 7) is 5.03. The normalized spacial score (nSPS) is 13.7. The highest BCUT2D eigenvalue weighted by Crippen LogP contribution is 2.29. The van der Waals surface area contributed by atoms with Gasteiger partial charge in [-0.15, -0.1) is 0 Å². The molecule has 6 nitrogen and oxygen atoms in total. The van der Waals surface area contributed by atoms with Crippen LogP contribution in [0.4, 0.5) is 5.69 Å². The molecule has 0 unspecified atom stereocenters. The summed E-state index contributed by atoms with van der Waals surface area (Å²) in [6.07, 6.45) is 0.687. The number of benzene rings is 3. The summed E-state index contributed by atoms with van der Waals surface area (Å²) in [4.78, 5) is 27.2. The van der Waals surface area contributed by atoms with Gasteiger partial charge in [0.1, 0.15) is 10.8 Å². The lowest BCUT2D eigenvalue weighted by molar-refractivity contribution is -0.128. The van der Waals surface area contributed by atoms with Crippen molar-refractivity contribution in [2.24, 2.45) is 0 Å². The van der Waals surface area contributed by atoms with Gasteiger partial charge in [0.15, 0.2) is 0 Å². The number of carbonyl (C=O) groups excluding carboxylic acids is 1. The molecule has 7 heteroatoms. The van der Waals surface area contributed by atoms with E-state index in [0.717, 1.165) is 46.3 Å². The molecule has 0 atom stereocenters. The third-order valence-electron chi connectivity index (χ3n) is 6.49. The van der Waals surface area contributed by atoms with Crippen LogP contribution in [-0.2, 0) is 11.2 Å². The van der Waals surface area contributed by atoms with E-state index in [1.54, 1.807) is 7.11 Å². The Hall–Kier alpha value is -3.58. The van der Waals surface area contributed by atoms with Gasteiger partial charge in [0.2, 0.25) is 5.91 Å². The maximum atomic E-state index is 13.1. The van der Waals surface area contributed by atoms with Crippen molar-refractivity contribution < 1.29 is 9.53 Å². The summed E-state index contributed by atoms with van der Waals surface area (Å²) < 4.78 is 5.51. The van der Waals surface area contributed by atoms with Crippen molar-refractivity contribution in [3.05, 3.63) is 89.6 Å². The molecule has 1 saturated heterocycles. The van der Waals surface area contributed by atoms with Gasteiger partial charge in [-0.1, -0.05) is 65.9 Å². The molecule has 1 amide bonds. The molecule has 1 aliphatic heterocycles. The number of ether oxygens (including phenoxy) is 1. The molecule has 0 spiro atoms. The number of nitrogens with zero attached hydrogens (tertiary/aromatic N) is 4. The zero-order valence-corrected chi connectivity index (χ0v) is 21.5. The van der Waals surface area contributed by atoms with Crippen LogP contribution in [-0.4, -0.2) is 59.8 Å². The van der Waals surface area contributed by atoms with Crippen molar-refractivity contribution in [2.75, 3.05) is 43.9 Å². The van der Waals surface area contributed by atoms with Crippen molar-refractivity contribution >= 4 is 34.4 Å². The monoisotopic (exact) mass is 498 g/mol. The average Bonchev–Trinajstić information content (AvgIpc) is 2.93. The number of methoxy groups -OCH3 is 1. The molecule has 3 aromatic carbocycles. The predicted octanol–water partition coefficient (Wildman–Crippen LogP) is 4.98. The fraction of sp³-hybridized carbons (Fsp3) is 0.276. The fourth-order valence-corrected chi connectivity index (χ4v) is 5.35. The topological polar surface area (TPSA) is 58.6 Å². The van der Waals surface area contributed by atoms with Crippen LogP contribution >= 0.6 is 11.8 Å². The Labute approximate surface area is 216 Å². The van der Waals surface area contributed by atoms with Crippen LogP contribution in [0.2, 0.25) is 0 Å². The summed E-state index contributed by atoms with van der Waals surface area (Å²) in [5.41, 5.74) is 6.14. The van der Waals surface area contributed by atoms with Crippen LogP contribution in [0, 0.1) is 6.92 Å². The Kier molecular flexibility index (Phi) is 7.37. The van der Waals surface area contributed by atoms with Crippen molar-refractivity contribution in [1.29, 1.82) is 0 Å². The van der Waals surface area contributed by atoms with Gasteiger partial charge in [0.25, 0.3) is 0 Å². The SMILES string of the molecule is COc1ccccc1N1CCN(C(=O)CSc2nc3ccccc3nc2Cc2ccc(C)cc2)CC1. The van der Waals surface area contributed by atoms with Gasteiger partial charge in [0.05, 0.1) is 35.3 Å². The van der Waals surface area contributed by atoms with Crippen LogP contribution in [0.1, 0.15) is 16.8 Å². The summed E-state index contributed by atoms with van der Waals surface area (Å²) in [7, 11) is 1.69. The molecule has 0 bridgehead atoms. The number of thioether (sulfide) groups is 1. The highest BCUT2D eigenvalue weighted by molar-refractivity contribution is 7.99. The second kappa shape index (κ2) is 11.0. The van der Waals surface area contributed by atoms with Gasteiger partial charge in [-0.25, -0.2) is 9.97 Å². The largest absolute Gasteiger partial charge is 0.495 e. The van der Waals surface area contributed by atoms with Crippen molar-refractivity contribution in [3.8, 4) is 5.75 Å². The quantitative estimate of drug-likeness (QED) is 0.335.